The fraction of sp³-hybridized carbons (Fsp3) is 1.00. The van der Waals surface area contributed by atoms with Gasteiger partial charge in [-0.25, -0.2) is 0 Å². The second-order valence-electron chi connectivity index (χ2n) is 5.99. The van der Waals surface area contributed by atoms with Crippen molar-refractivity contribution in [3.8, 4) is 0 Å². The Morgan fingerprint density at radius 1 is 1.25 bits per heavy atom. The summed E-state index contributed by atoms with van der Waals surface area (Å²) in [7, 11) is 2.14. The van der Waals surface area contributed by atoms with Gasteiger partial charge in [0.05, 0.1) is 12.1 Å². The monoisotopic (exact) mass is 230 g/mol. The Morgan fingerprint density at radius 2 is 1.75 bits per heavy atom. The Morgan fingerprint density at radius 3 is 2.06 bits per heavy atom. The summed E-state index contributed by atoms with van der Waals surface area (Å²) >= 11 is 0. The zero-order chi connectivity index (χ0) is 13.0. The van der Waals surface area contributed by atoms with Crippen LogP contribution in [0, 0.1) is 5.41 Å². The Hall–Kier alpha value is -0.120. The van der Waals surface area contributed by atoms with Crippen molar-refractivity contribution in [2.75, 3.05) is 26.8 Å². The van der Waals surface area contributed by atoms with Crippen LogP contribution in [0.5, 0.6) is 0 Å². The van der Waals surface area contributed by atoms with E-state index in [2.05, 4.69) is 46.6 Å². The Kier molecular flexibility index (Phi) is 5.94. The fourth-order valence-corrected chi connectivity index (χ4v) is 1.68. The molecule has 0 spiro atoms. The second-order valence-corrected chi connectivity index (χ2v) is 5.99. The highest BCUT2D eigenvalue weighted by Gasteiger charge is 2.35. The number of nitrogens with zero attached hydrogens (tertiary/aromatic N) is 1. The molecule has 3 nitrogen and oxygen atoms in total. The van der Waals surface area contributed by atoms with E-state index in [-0.39, 0.29) is 11.0 Å². The summed E-state index contributed by atoms with van der Waals surface area (Å²) in [6.45, 7) is 15.3. The van der Waals surface area contributed by atoms with Crippen LogP contribution in [-0.2, 0) is 4.74 Å². The van der Waals surface area contributed by atoms with Crippen LogP contribution in [0.15, 0.2) is 0 Å². The molecule has 0 aliphatic carbocycles. The van der Waals surface area contributed by atoms with Crippen LogP contribution < -0.4 is 5.73 Å². The van der Waals surface area contributed by atoms with Crippen molar-refractivity contribution >= 4 is 0 Å². The number of nitrogens with two attached hydrogens (primary N) is 1. The first-order valence-electron chi connectivity index (χ1n) is 6.19. The maximum absolute atomic E-state index is 5.91. The van der Waals surface area contributed by atoms with E-state index in [0.29, 0.717) is 19.2 Å². The highest BCUT2D eigenvalue weighted by Crippen LogP contribution is 2.28. The largest absolute Gasteiger partial charge is 0.380 e. The SMILES string of the molecule is CCOCC(C)(CN)N(C)C(C)C(C)(C)C. The summed E-state index contributed by atoms with van der Waals surface area (Å²) in [4.78, 5) is 2.35. The van der Waals surface area contributed by atoms with Crippen LogP contribution in [0.4, 0.5) is 0 Å². The van der Waals surface area contributed by atoms with Gasteiger partial charge in [-0.3, -0.25) is 4.90 Å². The third-order valence-corrected chi connectivity index (χ3v) is 3.74. The van der Waals surface area contributed by atoms with E-state index in [1.165, 1.54) is 0 Å². The molecule has 0 heterocycles. The second kappa shape index (κ2) is 5.99. The summed E-state index contributed by atoms with van der Waals surface area (Å²) < 4.78 is 5.55. The predicted molar refractivity (Wildman–Crippen MR) is 70.6 cm³/mol. The maximum Gasteiger partial charge on any atom is 0.0659 e. The van der Waals surface area contributed by atoms with E-state index in [0.717, 1.165) is 6.61 Å². The van der Waals surface area contributed by atoms with E-state index in [9.17, 15) is 0 Å². The lowest BCUT2D eigenvalue weighted by Gasteiger charge is -2.46. The molecule has 0 rings (SSSR count). The first-order chi connectivity index (χ1) is 7.19. The van der Waals surface area contributed by atoms with Crippen LogP contribution in [0.3, 0.4) is 0 Å². The maximum atomic E-state index is 5.91. The lowest BCUT2D eigenvalue weighted by molar-refractivity contribution is -0.0189. The van der Waals surface area contributed by atoms with Gasteiger partial charge in [-0.15, -0.1) is 0 Å². The molecule has 0 saturated carbocycles. The van der Waals surface area contributed by atoms with Crippen LogP contribution in [-0.4, -0.2) is 43.3 Å². The van der Waals surface area contributed by atoms with Gasteiger partial charge in [-0.1, -0.05) is 20.8 Å². The van der Waals surface area contributed by atoms with E-state index in [1.807, 2.05) is 6.92 Å². The molecular formula is C13H30N2O. The highest BCUT2D eigenvalue weighted by atomic mass is 16.5. The minimum Gasteiger partial charge on any atom is -0.380 e. The van der Waals surface area contributed by atoms with Gasteiger partial charge >= 0.3 is 0 Å². The van der Waals surface area contributed by atoms with Crippen molar-refractivity contribution in [2.24, 2.45) is 11.1 Å². The molecular weight excluding hydrogens is 200 g/mol. The summed E-state index contributed by atoms with van der Waals surface area (Å²) in [6, 6.07) is 0.460. The third kappa shape index (κ3) is 4.04. The first-order valence-corrected chi connectivity index (χ1v) is 6.19. The van der Waals surface area contributed by atoms with Gasteiger partial charge in [0.1, 0.15) is 0 Å². The lowest BCUT2D eigenvalue weighted by atomic mass is 9.84. The van der Waals surface area contributed by atoms with Crippen molar-refractivity contribution in [1.29, 1.82) is 0 Å². The van der Waals surface area contributed by atoms with Gasteiger partial charge in [0.25, 0.3) is 0 Å². The molecule has 0 aromatic carbocycles. The van der Waals surface area contributed by atoms with Gasteiger partial charge in [-0.2, -0.15) is 0 Å². The van der Waals surface area contributed by atoms with Crippen molar-refractivity contribution < 1.29 is 4.74 Å². The average molecular weight is 230 g/mol. The van der Waals surface area contributed by atoms with E-state index < -0.39 is 0 Å². The molecule has 3 heteroatoms. The minimum absolute atomic E-state index is 0.0806. The fourth-order valence-electron chi connectivity index (χ4n) is 1.68. The minimum atomic E-state index is -0.0806. The van der Waals surface area contributed by atoms with Crippen molar-refractivity contribution in [2.45, 2.75) is 53.1 Å². The summed E-state index contributed by atoms with van der Waals surface area (Å²) in [5, 5.41) is 0. The zero-order valence-electron chi connectivity index (χ0n) is 12.1. The van der Waals surface area contributed by atoms with Crippen molar-refractivity contribution in [3.05, 3.63) is 0 Å². The molecule has 0 saturated heterocycles. The number of likely N-dealkylation sites (N-methyl/N-ethyl adjacent to an activating group) is 1. The highest BCUT2D eigenvalue weighted by molar-refractivity contribution is 4.91. The van der Waals surface area contributed by atoms with Crippen LogP contribution in [0.1, 0.15) is 41.5 Å². The van der Waals surface area contributed by atoms with E-state index in [1.54, 1.807) is 0 Å². The van der Waals surface area contributed by atoms with Crippen LogP contribution in [0.25, 0.3) is 0 Å². The van der Waals surface area contributed by atoms with Crippen LogP contribution in [0.2, 0.25) is 0 Å². The molecule has 0 aromatic rings. The molecule has 2 unspecified atom stereocenters. The number of hydrogen-bond donors (Lipinski definition) is 1. The zero-order valence-corrected chi connectivity index (χ0v) is 12.1. The van der Waals surface area contributed by atoms with Gasteiger partial charge < -0.3 is 10.5 Å². The molecule has 0 aromatic heterocycles. The number of rotatable bonds is 6. The molecule has 0 radical (unpaired) electrons. The number of ether oxygens (including phenoxy) is 1. The smallest absolute Gasteiger partial charge is 0.0659 e. The van der Waals surface area contributed by atoms with Crippen molar-refractivity contribution in [3.63, 3.8) is 0 Å². The number of hydrogen-bond acceptors (Lipinski definition) is 3. The molecule has 0 bridgehead atoms. The summed E-state index contributed by atoms with van der Waals surface area (Å²) in [5.74, 6) is 0. The normalized spacial score (nSPS) is 18.6. The standard InChI is InChI=1S/C13H30N2O/c1-8-16-10-13(6,9-14)15(7)11(2)12(3,4)5/h11H,8-10,14H2,1-7H3. The van der Waals surface area contributed by atoms with Gasteiger partial charge in [0.15, 0.2) is 0 Å². The third-order valence-electron chi connectivity index (χ3n) is 3.74. The quantitative estimate of drug-likeness (QED) is 0.759. The topological polar surface area (TPSA) is 38.5 Å². The molecule has 0 amide bonds. The van der Waals surface area contributed by atoms with Gasteiger partial charge in [-0.05, 0) is 33.2 Å². The molecule has 0 aliphatic heterocycles. The summed E-state index contributed by atoms with van der Waals surface area (Å²) in [5.41, 5.74) is 6.07. The molecule has 0 fully saturated rings. The molecule has 2 atom stereocenters. The molecule has 2 N–H and O–H groups in total. The van der Waals surface area contributed by atoms with E-state index in [4.69, 9.17) is 10.5 Å². The molecule has 0 aliphatic rings. The predicted octanol–water partition coefficient (Wildman–Crippen LogP) is 2.11. The average Bonchev–Trinajstić information content (AvgIpc) is 2.22. The molecule has 98 valence electrons. The Bertz CT molecular complexity index is 201. The van der Waals surface area contributed by atoms with Crippen molar-refractivity contribution in [1.82, 2.24) is 4.90 Å². The van der Waals surface area contributed by atoms with Crippen LogP contribution >= 0.6 is 0 Å². The summed E-state index contributed by atoms with van der Waals surface area (Å²) in [6.07, 6.45) is 0. The first kappa shape index (κ1) is 15.9. The Labute approximate surface area is 101 Å². The van der Waals surface area contributed by atoms with E-state index >= 15 is 0 Å². The lowest BCUT2D eigenvalue weighted by Crippen LogP contribution is -2.58. The van der Waals surface area contributed by atoms with Gasteiger partial charge in [0, 0.05) is 19.2 Å². The Balaban J connectivity index is 4.68. The molecule has 16 heavy (non-hydrogen) atoms. The van der Waals surface area contributed by atoms with Gasteiger partial charge in [0.2, 0.25) is 0 Å².